The van der Waals surface area contributed by atoms with Gasteiger partial charge < -0.3 is 9.88 Å². The van der Waals surface area contributed by atoms with Crippen molar-refractivity contribution in [2.24, 2.45) is 19.5 Å². The predicted octanol–water partition coefficient (Wildman–Crippen LogP) is 2.39. The number of carbonyl (C=O) groups is 1. The second kappa shape index (κ2) is 8.20. The molecule has 6 heteroatoms. The van der Waals surface area contributed by atoms with E-state index in [0.717, 1.165) is 16.6 Å². The van der Waals surface area contributed by atoms with E-state index in [4.69, 9.17) is 0 Å². The van der Waals surface area contributed by atoms with Crippen LogP contribution in [0.15, 0.2) is 52.2 Å². The zero-order valence-electron chi connectivity index (χ0n) is 16.5. The van der Waals surface area contributed by atoms with Gasteiger partial charge in [-0.1, -0.05) is 51.1 Å². The van der Waals surface area contributed by atoms with E-state index in [1.807, 2.05) is 30.3 Å². The van der Waals surface area contributed by atoms with E-state index >= 15 is 0 Å². The first kappa shape index (κ1) is 20.4. The Balaban J connectivity index is 2.22. The molecule has 1 amide bonds. The van der Waals surface area contributed by atoms with Crippen LogP contribution in [0.1, 0.15) is 44.4 Å². The van der Waals surface area contributed by atoms with Crippen LogP contribution >= 0.6 is 0 Å². The molecule has 0 aliphatic carbocycles. The lowest BCUT2D eigenvalue weighted by molar-refractivity contribution is -0.117. The molecule has 2 aromatic rings. The van der Waals surface area contributed by atoms with Crippen LogP contribution in [-0.4, -0.2) is 15.0 Å². The van der Waals surface area contributed by atoms with Crippen molar-refractivity contribution in [2.45, 2.75) is 33.2 Å². The highest BCUT2D eigenvalue weighted by molar-refractivity contribution is 5.91. The van der Waals surface area contributed by atoms with Gasteiger partial charge >= 0.3 is 5.69 Å². The maximum Gasteiger partial charge on any atom is 0.330 e. The van der Waals surface area contributed by atoms with Gasteiger partial charge in [-0.15, -0.1) is 0 Å². The summed E-state index contributed by atoms with van der Waals surface area (Å²) in [5.41, 5.74) is 0.506. The highest BCUT2D eigenvalue weighted by Crippen LogP contribution is 2.29. The molecular formula is C21H27N3O3. The minimum atomic E-state index is -0.434. The molecular weight excluding hydrogens is 342 g/mol. The summed E-state index contributed by atoms with van der Waals surface area (Å²) in [6.45, 7) is 6.37. The van der Waals surface area contributed by atoms with Crippen LogP contribution in [-0.2, 0) is 18.9 Å². The largest absolute Gasteiger partial charge is 0.346 e. The smallest absolute Gasteiger partial charge is 0.330 e. The van der Waals surface area contributed by atoms with Crippen molar-refractivity contribution in [3.63, 3.8) is 0 Å². The van der Waals surface area contributed by atoms with Gasteiger partial charge in [0.2, 0.25) is 5.91 Å². The fourth-order valence-electron chi connectivity index (χ4n) is 2.89. The summed E-state index contributed by atoms with van der Waals surface area (Å²) in [5.74, 6) is -0.288. The molecule has 0 spiro atoms. The zero-order valence-corrected chi connectivity index (χ0v) is 16.5. The van der Waals surface area contributed by atoms with Crippen LogP contribution in [0.25, 0.3) is 6.08 Å². The monoisotopic (exact) mass is 369 g/mol. The van der Waals surface area contributed by atoms with Crippen molar-refractivity contribution < 1.29 is 4.79 Å². The van der Waals surface area contributed by atoms with Gasteiger partial charge in [0.25, 0.3) is 5.56 Å². The predicted molar refractivity (Wildman–Crippen MR) is 107 cm³/mol. The first-order valence-corrected chi connectivity index (χ1v) is 8.89. The Bertz CT molecular complexity index is 947. The van der Waals surface area contributed by atoms with Crippen molar-refractivity contribution in [3.05, 3.63) is 74.6 Å². The number of aromatic nitrogens is 2. The normalized spacial score (nSPS) is 12.9. The van der Waals surface area contributed by atoms with Crippen molar-refractivity contribution >= 4 is 12.0 Å². The molecule has 0 bridgehead atoms. The highest BCUT2D eigenvalue weighted by Gasteiger charge is 2.21. The topological polar surface area (TPSA) is 73.1 Å². The van der Waals surface area contributed by atoms with Crippen LogP contribution in [0.4, 0.5) is 0 Å². The third kappa shape index (κ3) is 5.54. The number of hydrogen-bond donors (Lipinski definition) is 1. The second-order valence-electron chi connectivity index (χ2n) is 7.91. The molecule has 0 aliphatic heterocycles. The van der Waals surface area contributed by atoms with Crippen molar-refractivity contribution in [3.8, 4) is 0 Å². The standard InChI is InChI=1S/C21H27N3O3/c1-21(2,3)13-17(15-9-7-6-8-10-15)22-18(25)12-11-16-14-23(4)20(27)24(5)19(16)26/h6-12,14,17H,13H2,1-5H3,(H,22,25). The maximum absolute atomic E-state index is 12.5. The zero-order chi connectivity index (χ0) is 20.2. The minimum Gasteiger partial charge on any atom is -0.346 e. The van der Waals surface area contributed by atoms with Gasteiger partial charge in [0.05, 0.1) is 11.6 Å². The van der Waals surface area contributed by atoms with E-state index in [9.17, 15) is 14.4 Å². The van der Waals surface area contributed by atoms with Crippen molar-refractivity contribution in [1.82, 2.24) is 14.5 Å². The average molecular weight is 369 g/mol. The lowest BCUT2D eigenvalue weighted by Gasteiger charge is -2.27. The number of amides is 1. The fourth-order valence-corrected chi connectivity index (χ4v) is 2.89. The van der Waals surface area contributed by atoms with Gasteiger partial charge in [-0.2, -0.15) is 0 Å². The fraction of sp³-hybridized carbons (Fsp3) is 0.381. The van der Waals surface area contributed by atoms with Gasteiger partial charge in [-0.3, -0.25) is 14.2 Å². The number of rotatable bonds is 5. The van der Waals surface area contributed by atoms with E-state index in [-0.39, 0.29) is 22.9 Å². The molecule has 1 heterocycles. The van der Waals surface area contributed by atoms with Crippen LogP contribution < -0.4 is 16.6 Å². The molecule has 0 aliphatic rings. The van der Waals surface area contributed by atoms with Gasteiger partial charge in [0, 0.05) is 26.4 Å². The Morgan fingerprint density at radius 2 is 1.78 bits per heavy atom. The summed E-state index contributed by atoms with van der Waals surface area (Å²) < 4.78 is 2.33. The third-order valence-corrected chi connectivity index (χ3v) is 4.22. The Morgan fingerprint density at radius 1 is 1.15 bits per heavy atom. The van der Waals surface area contributed by atoms with E-state index in [1.54, 1.807) is 7.05 Å². The van der Waals surface area contributed by atoms with Gasteiger partial charge in [-0.25, -0.2) is 4.79 Å². The van der Waals surface area contributed by atoms with Gasteiger partial charge in [-0.05, 0) is 23.5 Å². The van der Waals surface area contributed by atoms with Gasteiger partial charge in [0.15, 0.2) is 0 Å². The Morgan fingerprint density at radius 3 is 2.37 bits per heavy atom. The minimum absolute atomic E-state index is 0.0329. The number of aryl methyl sites for hydroxylation is 1. The summed E-state index contributed by atoms with van der Waals surface area (Å²) in [5, 5.41) is 3.02. The summed E-state index contributed by atoms with van der Waals surface area (Å²) in [4.78, 5) is 36.3. The molecule has 1 aromatic carbocycles. The van der Waals surface area contributed by atoms with E-state index in [0.29, 0.717) is 0 Å². The van der Waals surface area contributed by atoms with Crippen LogP contribution in [0.2, 0.25) is 0 Å². The highest BCUT2D eigenvalue weighted by atomic mass is 16.2. The summed E-state index contributed by atoms with van der Waals surface area (Å²) in [6.07, 6.45) is 4.98. The molecule has 27 heavy (non-hydrogen) atoms. The molecule has 6 nitrogen and oxygen atoms in total. The second-order valence-corrected chi connectivity index (χ2v) is 7.91. The van der Waals surface area contributed by atoms with Crippen LogP contribution in [0.5, 0.6) is 0 Å². The summed E-state index contributed by atoms with van der Waals surface area (Å²) in [7, 11) is 2.98. The molecule has 2 rings (SSSR count). The number of nitrogens with zero attached hydrogens (tertiary/aromatic N) is 2. The number of hydrogen-bond acceptors (Lipinski definition) is 3. The molecule has 0 saturated heterocycles. The number of nitrogens with one attached hydrogen (secondary N) is 1. The molecule has 144 valence electrons. The lowest BCUT2D eigenvalue weighted by atomic mass is 9.85. The molecule has 0 fully saturated rings. The van der Waals surface area contributed by atoms with E-state index < -0.39 is 11.2 Å². The summed E-state index contributed by atoms with van der Waals surface area (Å²) in [6, 6.07) is 9.68. The Hall–Kier alpha value is -2.89. The molecule has 1 N–H and O–H groups in total. The molecule has 0 radical (unpaired) electrons. The quantitative estimate of drug-likeness (QED) is 0.823. The Labute approximate surface area is 159 Å². The molecule has 1 aromatic heterocycles. The Kier molecular flexibility index (Phi) is 6.20. The maximum atomic E-state index is 12.5. The molecule has 1 unspecified atom stereocenters. The molecule has 0 saturated carbocycles. The first-order valence-electron chi connectivity index (χ1n) is 8.89. The van der Waals surface area contributed by atoms with Crippen LogP contribution in [0.3, 0.4) is 0 Å². The van der Waals surface area contributed by atoms with Crippen LogP contribution in [0, 0.1) is 5.41 Å². The third-order valence-electron chi connectivity index (χ3n) is 4.22. The van der Waals surface area contributed by atoms with Crippen molar-refractivity contribution in [1.29, 1.82) is 0 Å². The molecule has 1 atom stereocenters. The van der Waals surface area contributed by atoms with Gasteiger partial charge in [0.1, 0.15) is 0 Å². The lowest BCUT2D eigenvalue weighted by Crippen LogP contribution is -2.37. The SMILES string of the molecule is Cn1cc(C=CC(=O)NC(CC(C)(C)C)c2ccccc2)c(=O)n(C)c1=O. The number of carbonyl (C=O) groups excluding carboxylic acids is 1. The summed E-state index contributed by atoms with van der Waals surface area (Å²) >= 11 is 0. The average Bonchev–Trinajstić information content (AvgIpc) is 2.61. The first-order chi connectivity index (χ1) is 12.6. The number of benzene rings is 1. The van der Waals surface area contributed by atoms with E-state index in [2.05, 4.69) is 26.1 Å². The van der Waals surface area contributed by atoms with E-state index in [1.165, 1.54) is 30.0 Å². The van der Waals surface area contributed by atoms with Crippen molar-refractivity contribution in [2.75, 3.05) is 0 Å².